The molecule has 2 N–H and O–H groups in total. The smallest absolute Gasteiger partial charge is 0.243 e. The average Bonchev–Trinajstić information content (AvgIpc) is 3.63. The highest BCUT2D eigenvalue weighted by Gasteiger charge is 2.33. The van der Waals surface area contributed by atoms with Crippen LogP contribution in [0.4, 0.5) is 10.7 Å². The van der Waals surface area contributed by atoms with Gasteiger partial charge in [-0.25, -0.2) is 0 Å². The monoisotopic (exact) mass is 565 g/mol. The molecule has 5 rings (SSSR count). The lowest BCUT2D eigenvalue weighted by Gasteiger charge is -2.31. The second-order valence-corrected chi connectivity index (χ2v) is 12.3. The van der Waals surface area contributed by atoms with Gasteiger partial charge in [0.15, 0.2) is 0 Å². The lowest BCUT2D eigenvalue weighted by Crippen LogP contribution is -2.51. The van der Waals surface area contributed by atoms with Crippen LogP contribution >= 0.6 is 22.9 Å². The van der Waals surface area contributed by atoms with Gasteiger partial charge in [-0.2, -0.15) is 0 Å². The van der Waals surface area contributed by atoms with Crippen molar-refractivity contribution < 1.29 is 9.59 Å². The predicted molar refractivity (Wildman–Crippen MR) is 157 cm³/mol. The molecule has 3 aromatic heterocycles. The number of amides is 2. The van der Waals surface area contributed by atoms with E-state index in [2.05, 4.69) is 33.6 Å². The number of fused-ring (bicyclic) bond motifs is 1. The molecule has 0 radical (unpaired) electrons. The van der Waals surface area contributed by atoms with E-state index < -0.39 is 6.04 Å². The largest absolute Gasteiger partial charge is 0.376 e. The number of hydrogen-bond acceptors (Lipinski definition) is 6. The van der Waals surface area contributed by atoms with E-state index in [1.807, 2.05) is 37.4 Å². The van der Waals surface area contributed by atoms with Gasteiger partial charge in [0.25, 0.3) is 0 Å². The highest BCUT2D eigenvalue weighted by Crippen LogP contribution is 2.36. The number of carbonyl (C=O) groups is 2. The topological polar surface area (TPSA) is 87.2 Å². The molecule has 9 heteroatoms. The molecule has 7 nitrogen and oxygen atoms in total. The summed E-state index contributed by atoms with van der Waals surface area (Å²) in [5, 5.41) is 8.14. The van der Waals surface area contributed by atoms with Crippen molar-refractivity contribution in [1.82, 2.24) is 15.3 Å². The van der Waals surface area contributed by atoms with Crippen LogP contribution in [0.25, 0.3) is 0 Å². The Labute approximate surface area is 239 Å². The number of rotatable bonds is 10. The van der Waals surface area contributed by atoms with Gasteiger partial charge in [-0.15, -0.1) is 11.3 Å². The van der Waals surface area contributed by atoms with Crippen LogP contribution in [0.5, 0.6) is 0 Å². The molecule has 1 saturated carbocycles. The molecule has 3 heterocycles. The summed E-state index contributed by atoms with van der Waals surface area (Å²) in [4.78, 5) is 37.9. The summed E-state index contributed by atoms with van der Waals surface area (Å²) < 4.78 is 0. The Morgan fingerprint density at radius 3 is 2.85 bits per heavy atom. The summed E-state index contributed by atoms with van der Waals surface area (Å²) >= 11 is 7.69. The van der Waals surface area contributed by atoms with Crippen LogP contribution in [0.2, 0.25) is 5.02 Å². The maximum atomic E-state index is 13.8. The highest BCUT2D eigenvalue weighted by molar-refractivity contribution is 7.16. The standard InChI is InChI=1S/C30H36ClN5O2S/c1-19-26(16-23(31)17-33-19)34-20(2)28-11-12-29(39-28)36(18-37)27(14-21-6-3-4-7-21)30(38)35-24-9-10-25-22(15-24)8-5-13-32-25/h5,8,11-13,16-18,20-21,24,27,34H,3-4,6-7,9-10,14-15H2,1-2H3,(H,35,38)/t20-,24?,27-/m0/s1. The van der Waals surface area contributed by atoms with Gasteiger partial charge < -0.3 is 10.6 Å². The number of halogens is 1. The van der Waals surface area contributed by atoms with Gasteiger partial charge >= 0.3 is 0 Å². The van der Waals surface area contributed by atoms with Crippen LogP contribution in [0.15, 0.2) is 42.7 Å². The Morgan fingerprint density at radius 1 is 1.23 bits per heavy atom. The minimum Gasteiger partial charge on any atom is -0.376 e. The van der Waals surface area contributed by atoms with Crippen molar-refractivity contribution in [2.45, 2.75) is 83.3 Å². The third-order valence-corrected chi connectivity index (χ3v) is 9.52. The molecule has 2 amide bonds. The Hall–Kier alpha value is -2.97. The molecular weight excluding hydrogens is 530 g/mol. The maximum absolute atomic E-state index is 13.8. The number of carbonyl (C=O) groups excluding carboxylic acids is 2. The zero-order valence-corrected chi connectivity index (χ0v) is 24.1. The molecule has 1 fully saturated rings. The SMILES string of the molecule is Cc1ncc(Cl)cc1N[C@@H](C)c1ccc(N(C=O)[C@@H](CC2CCCC2)C(=O)NC2CCc3ncccc3C2)s1. The van der Waals surface area contributed by atoms with Gasteiger partial charge in [-0.05, 0) is 75.3 Å². The summed E-state index contributed by atoms with van der Waals surface area (Å²) in [5.74, 6) is 0.394. The molecule has 39 heavy (non-hydrogen) atoms. The summed E-state index contributed by atoms with van der Waals surface area (Å²) in [6, 6.07) is 9.39. The van der Waals surface area contributed by atoms with Crippen LogP contribution in [0.1, 0.15) is 73.3 Å². The summed E-state index contributed by atoms with van der Waals surface area (Å²) in [5.41, 5.74) is 4.06. The minimum absolute atomic E-state index is 0.0192. The first-order chi connectivity index (χ1) is 18.9. The summed E-state index contributed by atoms with van der Waals surface area (Å²) in [6.45, 7) is 4.01. The molecule has 0 aliphatic heterocycles. The molecule has 2 aliphatic carbocycles. The Bertz CT molecular complexity index is 1310. The van der Waals surface area contributed by atoms with Gasteiger partial charge in [0, 0.05) is 29.0 Å². The number of anilines is 2. The van der Waals surface area contributed by atoms with E-state index in [0.29, 0.717) is 17.4 Å². The van der Waals surface area contributed by atoms with Crippen LogP contribution in [-0.2, 0) is 22.4 Å². The van der Waals surface area contributed by atoms with E-state index >= 15 is 0 Å². The van der Waals surface area contributed by atoms with Crippen LogP contribution in [-0.4, -0.2) is 34.4 Å². The Morgan fingerprint density at radius 2 is 2.05 bits per heavy atom. The number of nitrogens with one attached hydrogen (secondary N) is 2. The molecule has 0 spiro atoms. The van der Waals surface area contributed by atoms with E-state index in [9.17, 15) is 9.59 Å². The van der Waals surface area contributed by atoms with E-state index in [1.165, 1.54) is 29.7 Å². The number of aryl methyl sites for hydroxylation is 2. The van der Waals surface area contributed by atoms with Gasteiger partial charge in [0.2, 0.25) is 12.3 Å². The van der Waals surface area contributed by atoms with Crippen molar-refractivity contribution in [2.75, 3.05) is 10.2 Å². The summed E-state index contributed by atoms with van der Waals surface area (Å²) in [6.07, 6.45) is 12.1. The first-order valence-electron chi connectivity index (χ1n) is 13.9. The maximum Gasteiger partial charge on any atom is 0.243 e. The lowest BCUT2D eigenvalue weighted by atomic mass is 9.91. The van der Waals surface area contributed by atoms with Crippen molar-refractivity contribution in [1.29, 1.82) is 0 Å². The zero-order valence-electron chi connectivity index (χ0n) is 22.5. The van der Waals surface area contributed by atoms with Crippen molar-refractivity contribution in [3.8, 4) is 0 Å². The lowest BCUT2D eigenvalue weighted by molar-refractivity contribution is -0.125. The number of hydrogen-bond donors (Lipinski definition) is 2. The second-order valence-electron chi connectivity index (χ2n) is 10.8. The number of aromatic nitrogens is 2. The van der Waals surface area contributed by atoms with Crippen LogP contribution in [0, 0.1) is 12.8 Å². The number of thiophene rings is 1. The van der Waals surface area contributed by atoms with Gasteiger partial charge in [-0.1, -0.05) is 43.4 Å². The van der Waals surface area contributed by atoms with Crippen molar-refractivity contribution in [3.63, 3.8) is 0 Å². The first-order valence-corrected chi connectivity index (χ1v) is 15.1. The van der Waals surface area contributed by atoms with E-state index in [-0.39, 0.29) is 18.0 Å². The normalized spacial score (nSPS) is 18.7. The molecule has 2 aliphatic rings. The molecular formula is C30H36ClN5O2S. The molecule has 0 saturated heterocycles. The zero-order chi connectivity index (χ0) is 27.4. The minimum atomic E-state index is -0.532. The van der Waals surface area contributed by atoms with E-state index in [0.717, 1.165) is 65.5 Å². The third kappa shape index (κ3) is 6.61. The fraction of sp³-hybridized carbons (Fsp3) is 0.467. The van der Waals surface area contributed by atoms with Gasteiger partial charge in [0.05, 0.1) is 27.4 Å². The number of pyridine rings is 2. The van der Waals surface area contributed by atoms with Gasteiger partial charge in [-0.3, -0.25) is 24.5 Å². The second kappa shape index (κ2) is 12.5. The van der Waals surface area contributed by atoms with Crippen molar-refractivity contribution in [2.24, 2.45) is 5.92 Å². The van der Waals surface area contributed by atoms with E-state index in [1.54, 1.807) is 11.1 Å². The third-order valence-electron chi connectivity index (χ3n) is 8.03. The Kier molecular flexibility index (Phi) is 8.82. The Balaban J connectivity index is 1.32. The molecule has 0 bridgehead atoms. The van der Waals surface area contributed by atoms with E-state index in [4.69, 9.17) is 11.6 Å². The molecule has 206 valence electrons. The molecule has 0 aromatic carbocycles. The molecule has 3 aromatic rings. The molecule has 3 atom stereocenters. The van der Waals surface area contributed by atoms with Crippen molar-refractivity contribution in [3.05, 3.63) is 69.6 Å². The summed E-state index contributed by atoms with van der Waals surface area (Å²) in [7, 11) is 0. The van der Waals surface area contributed by atoms with Crippen LogP contribution < -0.4 is 15.5 Å². The fourth-order valence-corrected chi connectivity index (χ4v) is 7.02. The first kappa shape index (κ1) is 27.6. The fourth-order valence-electron chi connectivity index (χ4n) is 5.84. The number of nitrogens with zero attached hydrogens (tertiary/aromatic N) is 3. The van der Waals surface area contributed by atoms with Crippen LogP contribution in [0.3, 0.4) is 0 Å². The molecule has 1 unspecified atom stereocenters. The highest BCUT2D eigenvalue weighted by atomic mass is 35.5. The quantitative estimate of drug-likeness (QED) is 0.283. The average molecular weight is 566 g/mol. The predicted octanol–water partition coefficient (Wildman–Crippen LogP) is 6.26. The van der Waals surface area contributed by atoms with Crippen molar-refractivity contribution >= 4 is 45.9 Å². The van der Waals surface area contributed by atoms with Gasteiger partial charge in [0.1, 0.15) is 6.04 Å².